The molecular weight excluding hydrogens is 374 g/mol. The summed E-state index contributed by atoms with van der Waals surface area (Å²) in [5.74, 6) is 1.20. The summed E-state index contributed by atoms with van der Waals surface area (Å²) in [6.45, 7) is 5.14. The number of nitrogens with zero attached hydrogens (tertiary/aromatic N) is 2. The van der Waals surface area contributed by atoms with Crippen LogP contribution in [0.25, 0.3) is 11.3 Å². The van der Waals surface area contributed by atoms with E-state index in [9.17, 15) is 4.79 Å². The number of ether oxygens (including phenoxy) is 2. The monoisotopic (exact) mass is 397 g/mol. The molecule has 28 heavy (non-hydrogen) atoms. The second-order valence-electron chi connectivity index (χ2n) is 7.40. The molecule has 7 heteroatoms. The Morgan fingerprint density at radius 1 is 1.36 bits per heavy atom. The largest absolute Gasteiger partial charge is 0.483 e. The molecule has 6 nitrogen and oxygen atoms in total. The van der Waals surface area contributed by atoms with Crippen molar-refractivity contribution in [2.75, 3.05) is 13.2 Å². The van der Waals surface area contributed by atoms with Gasteiger partial charge in [0.15, 0.2) is 18.1 Å². The van der Waals surface area contributed by atoms with E-state index in [2.05, 4.69) is 15.8 Å². The summed E-state index contributed by atoms with van der Waals surface area (Å²) >= 11 is 1.65. The number of hydrogen-bond donors (Lipinski definition) is 1. The summed E-state index contributed by atoms with van der Waals surface area (Å²) < 4.78 is 13.5. The molecule has 3 heterocycles. The minimum Gasteiger partial charge on any atom is -0.483 e. The Morgan fingerprint density at radius 3 is 3.07 bits per heavy atom. The van der Waals surface area contributed by atoms with Gasteiger partial charge in [0.05, 0.1) is 12.2 Å². The first-order chi connectivity index (χ1) is 13.5. The molecule has 2 aromatic heterocycles. The highest BCUT2D eigenvalue weighted by molar-refractivity contribution is 7.08. The lowest BCUT2D eigenvalue weighted by molar-refractivity contribution is -0.123. The first-order valence-corrected chi connectivity index (χ1v) is 10.2. The molecule has 1 aliphatic rings. The summed E-state index contributed by atoms with van der Waals surface area (Å²) in [5.41, 5.74) is 2.93. The van der Waals surface area contributed by atoms with E-state index in [0.29, 0.717) is 18.8 Å². The Bertz CT molecular complexity index is 963. The molecule has 0 fully saturated rings. The van der Waals surface area contributed by atoms with Gasteiger partial charge in [-0.3, -0.25) is 9.48 Å². The quantitative estimate of drug-likeness (QED) is 0.663. The fourth-order valence-electron chi connectivity index (χ4n) is 3.26. The second-order valence-corrected chi connectivity index (χ2v) is 8.18. The van der Waals surface area contributed by atoms with Gasteiger partial charge in [-0.1, -0.05) is 12.1 Å². The molecule has 0 unspecified atom stereocenters. The van der Waals surface area contributed by atoms with Crippen LogP contribution in [-0.2, 0) is 17.8 Å². The lowest BCUT2D eigenvalue weighted by Crippen LogP contribution is -2.31. The number of carbonyl (C=O) groups excluding carboxylic acids is 1. The zero-order valence-corrected chi connectivity index (χ0v) is 16.8. The highest BCUT2D eigenvalue weighted by Crippen LogP contribution is 2.41. The van der Waals surface area contributed by atoms with Crippen LogP contribution in [-0.4, -0.2) is 34.4 Å². The lowest BCUT2D eigenvalue weighted by Gasteiger charge is -2.18. The van der Waals surface area contributed by atoms with E-state index < -0.39 is 0 Å². The molecule has 0 bridgehead atoms. The molecule has 0 saturated carbocycles. The average molecular weight is 398 g/mol. The van der Waals surface area contributed by atoms with Gasteiger partial charge in [0.2, 0.25) is 0 Å². The third-order valence-electron chi connectivity index (χ3n) is 4.53. The third kappa shape index (κ3) is 4.20. The zero-order valence-electron chi connectivity index (χ0n) is 16.0. The van der Waals surface area contributed by atoms with Gasteiger partial charge in [-0.15, -0.1) is 0 Å². The normalized spacial score (nSPS) is 14.4. The smallest absolute Gasteiger partial charge is 0.258 e. The van der Waals surface area contributed by atoms with Crippen molar-refractivity contribution in [2.45, 2.75) is 32.4 Å². The first kappa shape index (κ1) is 18.6. The Morgan fingerprint density at radius 2 is 2.25 bits per heavy atom. The summed E-state index contributed by atoms with van der Waals surface area (Å²) in [6, 6.07) is 9.82. The molecule has 1 amide bonds. The van der Waals surface area contributed by atoms with Gasteiger partial charge in [-0.05, 0) is 37.4 Å². The average Bonchev–Trinajstić information content (AvgIpc) is 3.38. The molecule has 0 spiro atoms. The minimum atomic E-state index is -0.240. The number of carbonyl (C=O) groups is 1. The maximum Gasteiger partial charge on any atom is 0.258 e. The third-order valence-corrected chi connectivity index (χ3v) is 5.22. The summed E-state index contributed by atoms with van der Waals surface area (Å²) in [5, 5.41) is 11.5. The number of hydrogen-bond acceptors (Lipinski definition) is 5. The van der Waals surface area contributed by atoms with Crippen molar-refractivity contribution in [3.63, 3.8) is 0 Å². The summed E-state index contributed by atoms with van der Waals surface area (Å²) in [7, 11) is 0. The maximum atomic E-state index is 12.1. The Labute approximate surface area is 168 Å². The predicted octanol–water partition coefficient (Wildman–Crippen LogP) is 3.52. The van der Waals surface area contributed by atoms with Gasteiger partial charge < -0.3 is 14.8 Å². The van der Waals surface area contributed by atoms with E-state index in [1.165, 1.54) is 0 Å². The van der Waals surface area contributed by atoms with Crippen molar-refractivity contribution in [3.05, 3.63) is 52.9 Å². The molecule has 1 N–H and O–H groups in total. The molecular formula is C21H23N3O3S. The Balaban J connectivity index is 1.25. The fourth-order valence-corrected chi connectivity index (χ4v) is 3.91. The van der Waals surface area contributed by atoms with Crippen LogP contribution >= 0.6 is 11.3 Å². The van der Waals surface area contributed by atoms with Gasteiger partial charge in [-0.2, -0.15) is 16.4 Å². The number of thiophene rings is 1. The minimum absolute atomic E-state index is 0.0422. The van der Waals surface area contributed by atoms with Crippen molar-refractivity contribution >= 4 is 17.2 Å². The summed E-state index contributed by atoms with van der Waals surface area (Å²) in [4.78, 5) is 12.1. The van der Waals surface area contributed by atoms with Crippen LogP contribution in [0, 0.1) is 0 Å². The van der Waals surface area contributed by atoms with Crippen LogP contribution in [0.4, 0.5) is 0 Å². The van der Waals surface area contributed by atoms with Gasteiger partial charge in [0.1, 0.15) is 5.60 Å². The lowest BCUT2D eigenvalue weighted by atomic mass is 10.0. The van der Waals surface area contributed by atoms with E-state index in [0.717, 1.165) is 29.0 Å². The number of fused-ring (bicyclic) bond motifs is 1. The van der Waals surface area contributed by atoms with Crippen molar-refractivity contribution in [1.82, 2.24) is 15.1 Å². The molecule has 0 aliphatic carbocycles. The Hall–Kier alpha value is -2.80. The zero-order chi connectivity index (χ0) is 19.6. The van der Waals surface area contributed by atoms with Gasteiger partial charge in [0.25, 0.3) is 5.91 Å². The SMILES string of the molecule is CC1(C)Cc2cccc(OCC(=O)NCCn3ccc(-c4ccsc4)n3)c2O1. The van der Waals surface area contributed by atoms with Crippen LogP contribution in [0.3, 0.4) is 0 Å². The molecule has 1 aliphatic heterocycles. The molecule has 0 saturated heterocycles. The van der Waals surface area contributed by atoms with Crippen molar-refractivity contribution < 1.29 is 14.3 Å². The predicted molar refractivity (Wildman–Crippen MR) is 109 cm³/mol. The number of amides is 1. The van der Waals surface area contributed by atoms with Crippen LogP contribution < -0.4 is 14.8 Å². The van der Waals surface area contributed by atoms with Crippen LogP contribution in [0.15, 0.2) is 47.3 Å². The van der Waals surface area contributed by atoms with E-state index in [4.69, 9.17) is 9.47 Å². The van der Waals surface area contributed by atoms with Crippen molar-refractivity contribution in [2.24, 2.45) is 0 Å². The standard InChI is InChI=1S/C21H23N3O3S/c1-21(2)12-15-4-3-5-18(20(15)27-21)26-13-19(25)22-8-10-24-9-6-17(23-24)16-7-11-28-14-16/h3-7,9,11,14H,8,10,12-13H2,1-2H3,(H,22,25). The Kier molecular flexibility index (Phi) is 5.09. The molecule has 3 aromatic rings. The molecule has 1 aromatic carbocycles. The fraction of sp³-hybridized carbons (Fsp3) is 0.333. The second kappa shape index (κ2) is 7.67. The number of nitrogens with one attached hydrogen (secondary N) is 1. The van der Waals surface area contributed by atoms with Gasteiger partial charge in [-0.25, -0.2) is 0 Å². The molecule has 0 atom stereocenters. The first-order valence-electron chi connectivity index (χ1n) is 9.27. The van der Waals surface area contributed by atoms with Crippen molar-refractivity contribution in [1.29, 1.82) is 0 Å². The van der Waals surface area contributed by atoms with Crippen LogP contribution in [0.2, 0.25) is 0 Å². The summed E-state index contributed by atoms with van der Waals surface area (Å²) in [6.07, 6.45) is 2.75. The highest BCUT2D eigenvalue weighted by atomic mass is 32.1. The highest BCUT2D eigenvalue weighted by Gasteiger charge is 2.32. The number of para-hydroxylation sites is 1. The van der Waals surface area contributed by atoms with Crippen LogP contribution in [0.5, 0.6) is 11.5 Å². The van der Waals surface area contributed by atoms with Gasteiger partial charge in [0, 0.05) is 35.7 Å². The van der Waals surface area contributed by atoms with Crippen molar-refractivity contribution in [3.8, 4) is 22.8 Å². The van der Waals surface area contributed by atoms with Crippen LogP contribution in [0.1, 0.15) is 19.4 Å². The van der Waals surface area contributed by atoms with E-state index in [1.807, 2.05) is 60.4 Å². The number of benzene rings is 1. The molecule has 146 valence electrons. The molecule has 0 radical (unpaired) electrons. The van der Waals surface area contributed by atoms with E-state index in [-0.39, 0.29) is 18.1 Å². The molecule has 4 rings (SSSR count). The van der Waals surface area contributed by atoms with E-state index >= 15 is 0 Å². The topological polar surface area (TPSA) is 65.4 Å². The van der Waals surface area contributed by atoms with Gasteiger partial charge >= 0.3 is 0 Å². The number of aromatic nitrogens is 2. The maximum absolute atomic E-state index is 12.1. The number of rotatable bonds is 7. The van der Waals surface area contributed by atoms with E-state index in [1.54, 1.807) is 11.3 Å².